The molecule has 0 aromatic heterocycles. The van der Waals surface area contributed by atoms with Crippen LogP contribution in [0, 0.1) is 11.3 Å². The van der Waals surface area contributed by atoms with Crippen molar-refractivity contribution in [3.05, 3.63) is 53.1 Å². The Morgan fingerprint density at radius 3 is 2.26 bits per heavy atom. The minimum Gasteiger partial charge on any atom is -0.490 e. The summed E-state index contributed by atoms with van der Waals surface area (Å²) >= 11 is 0. The number of ether oxygens (including phenoxy) is 1. The van der Waals surface area contributed by atoms with Gasteiger partial charge in [-0.1, -0.05) is 0 Å². The van der Waals surface area contributed by atoms with Crippen molar-refractivity contribution in [1.82, 2.24) is 4.90 Å². The van der Waals surface area contributed by atoms with Crippen molar-refractivity contribution in [1.29, 1.82) is 5.26 Å². The Hall–Kier alpha value is -3.26. The van der Waals surface area contributed by atoms with Gasteiger partial charge in [0.05, 0.1) is 33.8 Å². The Morgan fingerprint density at radius 2 is 1.74 bits per heavy atom. The van der Waals surface area contributed by atoms with Crippen molar-refractivity contribution < 1.29 is 31.1 Å². The molecule has 182 valence electrons. The molecule has 1 fully saturated rings. The first-order valence-corrected chi connectivity index (χ1v) is 12.4. The topological polar surface area (TPSA) is 90.7 Å². The Labute approximate surface area is 196 Å². The lowest BCUT2D eigenvalue weighted by molar-refractivity contribution is -0.137. The molecule has 0 aliphatic carbocycles. The molecule has 1 heterocycles. The molecule has 34 heavy (non-hydrogen) atoms. The molecule has 3 rings (SSSR count). The standard InChI is InChI=1S/C23H24F3N3O4S/c1-15(2)33-21-7-6-18(34(3,31)32)13-19(21)22(30)29-10-8-28(9-11-29)17-5-4-16(14-27)20(12-17)23(24,25)26/h4-7,12-13,15H,8-11H2,1-3H3. The lowest BCUT2D eigenvalue weighted by Gasteiger charge is -2.36. The lowest BCUT2D eigenvalue weighted by atomic mass is 10.1. The summed E-state index contributed by atoms with van der Waals surface area (Å²) in [6.45, 7) is 4.52. The number of piperazine rings is 1. The highest BCUT2D eigenvalue weighted by Crippen LogP contribution is 2.35. The first kappa shape index (κ1) is 25.4. The van der Waals surface area contributed by atoms with Crippen molar-refractivity contribution in [2.75, 3.05) is 37.3 Å². The minimum absolute atomic E-state index is 0.0112. The van der Waals surface area contributed by atoms with Gasteiger partial charge in [0.1, 0.15) is 5.75 Å². The van der Waals surface area contributed by atoms with E-state index < -0.39 is 33.0 Å². The molecule has 7 nitrogen and oxygen atoms in total. The second-order valence-corrected chi connectivity index (χ2v) is 10.2. The molecular weight excluding hydrogens is 471 g/mol. The molecule has 0 unspecified atom stereocenters. The van der Waals surface area contributed by atoms with Crippen molar-refractivity contribution in [3.8, 4) is 11.8 Å². The fourth-order valence-electron chi connectivity index (χ4n) is 3.66. The molecule has 2 aromatic carbocycles. The zero-order chi connectivity index (χ0) is 25.3. The van der Waals surface area contributed by atoms with Crippen LogP contribution in [0.1, 0.15) is 35.3 Å². The highest BCUT2D eigenvalue weighted by molar-refractivity contribution is 7.90. The molecule has 1 saturated heterocycles. The van der Waals surface area contributed by atoms with Crippen molar-refractivity contribution in [2.24, 2.45) is 0 Å². The van der Waals surface area contributed by atoms with Crippen LogP contribution in [0.2, 0.25) is 0 Å². The summed E-state index contributed by atoms with van der Waals surface area (Å²) in [6.07, 6.45) is -3.85. The third-order valence-corrected chi connectivity index (χ3v) is 6.44. The number of carbonyl (C=O) groups is 1. The lowest BCUT2D eigenvalue weighted by Crippen LogP contribution is -2.49. The average molecular weight is 496 g/mol. The number of rotatable bonds is 5. The third-order valence-electron chi connectivity index (χ3n) is 5.33. The zero-order valence-electron chi connectivity index (χ0n) is 18.9. The molecule has 1 amide bonds. The van der Waals surface area contributed by atoms with Crippen LogP contribution in [0.3, 0.4) is 0 Å². The Morgan fingerprint density at radius 1 is 1.09 bits per heavy atom. The van der Waals surface area contributed by atoms with Crippen LogP contribution in [-0.4, -0.2) is 57.8 Å². The smallest absolute Gasteiger partial charge is 0.417 e. The van der Waals surface area contributed by atoms with Gasteiger partial charge in [0.25, 0.3) is 5.91 Å². The Kier molecular flexibility index (Phi) is 7.12. The first-order valence-electron chi connectivity index (χ1n) is 10.5. The number of nitrogens with zero attached hydrogens (tertiary/aromatic N) is 3. The van der Waals surface area contributed by atoms with E-state index in [1.165, 1.54) is 29.2 Å². The van der Waals surface area contributed by atoms with E-state index in [1.807, 2.05) is 0 Å². The van der Waals surface area contributed by atoms with E-state index >= 15 is 0 Å². The Bertz CT molecular complexity index is 1230. The van der Waals surface area contributed by atoms with Gasteiger partial charge in [-0.3, -0.25) is 4.79 Å². The van der Waals surface area contributed by atoms with Gasteiger partial charge in [-0.15, -0.1) is 0 Å². The number of hydrogen-bond donors (Lipinski definition) is 0. The van der Waals surface area contributed by atoms with Crippen LogP contribution in [0.5, 0.6) is 5.75 Å². The van der Waals surface area contributed by atoms with E-state index in [0.717, 1.165) is 18.4 Å². The second kappa shape index (κ2) is 9.54. The average Bonchev–Trinajstić information content (AvgIpc) is 2.77. The quantitative estimate of drug-likeness (QED) is 0.628. The number of hydrogen-bond acceptors (Lipinski definition) is 6. The van der Waals surface area contributed by atoms with Gasteiger partial charge in [0.15, 0.2) is 9.84 Å². The summed E-state index contributed by atoms with van der Waals surface area (Å²) in [7, 11) is -3.55. The summed E-state index contributed by atoms with van der Waals surface area (Å²) < 4.78 is 69.6. The van der Waals surface area contributed by atoms with Gasteiger partial charge in [0, 0.05) is 38.1 Å². The fraction of sp³-hybridized carbons (Fsp3) is 0.391. The van der Waals surface area contributed by atoms with Crippen molar-refractivity contribution >= 4 is 21.4 Å². The molecule has 1 aliphatic heterocycles. The highest BCUT2D eigenvalue weighted by Gasteiger charge is 2.35. The van der Waals surface area contributed by atoms with Crippen LogP contribution < -0.4 is 9.64 Å². The van der Waals surface area contributed by atoms with Crippen LogP contribution in [0.15, 0.2) is 41.3 Å². The largest absolute Gasteiger partial charge is 0.490 e. The SMILES string of the molecule is CC(C)Oc1ccc(S(C)(=O)=O)cc1C(=O)N1CCN(c2ccc(C#N)c(C(F)(F)F)c2)CC1. The number of sulfone groups is 1. The molecule has 0 saturated carbocycles. The summed E-state index contributed by atoms with van der Waals surface area (Å²) in [5.74, 6) is -0.159. The normalized spacial score (nSPS) is 14.8. The predicted octanol–water partition coefficient (Wildman–Crippen LogP) is 3.73. The maximum atomic E-state index is 13.3. The van der Waals surface area contributed by atoms with E-state index in [1.54, 1.807) is 24.8 Å². The van der Waals surface area contributed by atoms with Crippen LogP contribution in [0.25, 0.3) is 0 Å². The molecule has 0 N–H and O–H groups in total. The van der Waals surface area contributed by atoms with E-state index in [0.29, 0.717) is 5.69 Å². The number of alkyl halides is 3. The van der Waals surface area contributed by atoms with Crippen LogP contribution >= 0.6 is 0 Å². The van der Waals surface area contributed by atoms with Gasteiger partial charge in [-0.05, 0) is 50.2 Å². The molecule has 11 heteroatoms. The van der Waals surface area contributed by atoms with E-state index in [4.69, 9.17) is 10.00 Å². The van der Waals surface area contributed by atoms with E-state index in [2.05, 4.69) is 0 Å². The van der Waals surface area contributed by atoms with Crippen molar-refractivity contribution in [3.63, 3.8) is 0 Å². The third kappa shape index (κ3) is 5.62. The number of nitriles is 1. The summed E-state index contributed by atoms with van der Waals surface area (Å²) in [4.78, 5) is 16.5. The summed E-state index contributed by atoms with van der Waals surface area (Å²) in [5.41, 5.74) is -1.03. The van der Waals surface area contributed by atoms with Crippen LogP contribution in [-0.2, 0) is 16.0 Å². The fourth-order valence-corrected chi connectivity index (χ4v) is 4.31. The van der Waals surface area contributed by atoms with Gasteiger partial charge in [0.2, 0.25) is 0 Å². The monoisotopic (exact) mass is 495 g/mol. The summed E-state index contributed by atoms with van der Waals surface area (Å²) in [5, 5.41) is 8.98. The number of anilines is 1. The number of amides is 1. The number of halogens is 3. The zero-order valence-corrected chi connectivity index (χ0v) is 19.7. The second-order valence-electron chi connectivity index (χ2n) is 8.22. The van der Waals surface area contributed by atoms with Gasteiger partial charge in [-0.2, -0.15) is 18.4 Å². The predicted molar refractivity (Wildman–Crippen MR) is 120 cm³/mol. The number of carbonyl (C=O) groups excluding carboxylic acids is 1. The minimum atomic E-state index is -4.66. The molecule has 1 aliphatic rings. The molecule has 0 spiro atoms. The van der Waals surface area contributed by atoms with Gasteiger partial charge < -0.3 is 14.5 Å². The molecular formula is C23H24F3N3O4S. The maximum Gasteiger partial charge on any atom is 0.417 e. The van der Waals surface area contributed by atoms with Gasteiger partial charge in [-0.25, -0.2) is 8.42 Å². The van der Waals surface area contributed by atoms with E-state index in [-0.39, 0.29) is 48.5 Å². The molecule has 2 aromatic rings. The number of benzene rings is 2. The molecule has 0 radical (unpaired) electrons. The maximum absolute atomic E-state index is 13.3. The van der Waals surface area contributed by atoms with Gasteiger partial charge >= 0.3 is 6.18 Å². The molecule has 0 atom stereocenters. The van der Waals surface area contributed by atoms with Crippen LogP contribution in [0.4, 0.5) is 18.9 Å². The van der Waals surface area contributed by atoms with E-state index in [9.17, 15) is 26.4 Å². The Balaban J connectivity index is 1.82. The highest BCUT2D eigenvalue weighted by atomic mass is 32.2. The summed E-state index contributed by atoms with van der Waals surface area (Å²) in [6, 6.07) is 9.22. The molecule has 0 bridgehead atoms. The van der Waals surface area contributed by atoms with Crippen molar-refractivity contribution in [2.45, 2.75) is 31.0 Å². The first-order chi connectivity index (χ1) is 15.8.